The van der Waals surface area contributed by atoms with Crippen molar-refractivity contribution in [1.82, 2.24) is 4.90 Å². The van der Waals surface area contributed by atoms with Crippen molar-refractivity contribution in [2.45, 2.75) is 46.0 Å². The molecule has 1 aliphatic carbocycles. The number of fused-ring (bicyclic) bond motifs is 1. The predicted molar refractivity (Wildman–Crippen MR) is 97.8 cm³/mol. The lowest BCUT2D eigenvalue weighted by Crippen LogP contribution is -2.38. The van der Waals surface area contributed by atoms with Crippen molar-refractivity contribution < 1.29 is 19.5 Å². The molecule has 1 aromatic carbocycles. The lowest BCUT2D eigenvalue weighted by atomic mass is 9.81. The van der Waals surface area contributed by atoms with E-state index in [-0.39, 0.29) is 24.0 Å². The number of likely N-dealkylation sites (tertiary alicyclic amines) is 1. The minimum Gasteiger partial charge on any atom is -0.481 e. The molecule has 0 spiro atoms. The topological polar surface area (TPSA) is 74.7 Å². The highest BCUT2D eigenvalue weighted by atomic mass is 16.4. The largest absolute Gasteiger partial charge is 0.481 e. The Labute approximate surface area is 154 Å². The third-order valence-corrected chi connectivity index (χ3v) is 6.01. The van der Waals surface area contributed by atoms with Crippen LogP contribution >= 0.6 is 0 Å². The highest BCUT2D eigenvalue weighted by Crippen LogP contribution is 2.49. The van der Waals surface area contributed by atoms with Crippen LogP contribution in [0.2, 0.25) is 0 Å². The first-order valence-corrected chi connectivity index (χ1v) is 9.33. The van der Waals surface area contributed by atoms with Gasteiger partial charge in [-0.05, 0) is 24.2 Å². The molecule has 1 saturated carbocycles. The molecule has 26 heavy (non-hydrogen) atoms. The quantitative estimate of drug-likeness (QED) is 0.792. The predicted octanol–water partition coefficient (Wildman–Crippen LogP) is 3.39. The summed E-state index contributed by atoms with van der Waals surface area (Å²) in [4.78, 5) is 38.8. The summed E-state index contributed by atoms with van der Waals surface area (Å²) >= 11 is 0. The Hall–Kier alpha value is -2.17. The monoisotopic (exact) mass is 357 g/mol. The molecule has 0 radical (unpaired) electrons. The van der Waals surface area contributed by atoms with Gasteiger partial charge in [0.15, 0.2) is 5.78 Å². The van der Waals surface area contributed by atoms with Crippen LogP contribution in [0.15, 0.2) is 30.3 Å². The Morgan fingerprint density at radius 3 is 2.50 bits per heavy atom. The van der Waals surface area contributed by atoms with Crippen molar-refractivity contribution in [3.63, 3.8) is 0 Å². The molecular formula is C21H27NO4. The van der Waals surface area contributed by atoms with E-state index in [2.05, 4.69) is 0 Å². The van der Waals surface area contributed by atoms with E-state index >= 15 is 0 Å². The van der Waals surface area contributed by atoms with Crippen molar-refractivity contribution in [3.8, 4) is 0 Å². The molecule has 5 nitrogen and oxygen atoms in total. The molecular weight excluding hydrogens is 330 g/mol. The number of hydrogen-bond donors (Lipinski definition) is 1. The van der Waals surface area contributed by atoms with Crippen molar-refractivity contribution in [3.05, 3.63) is 35.9 Å². The zero-order valence-corrected chi connectivity index (χ0v) is 15.5. The smallest absolute Gasteiger partial charge is 0.311 e. The zero-order valence-electron chi connectivity index (χ0n) is 15.5. The second-order valence-corrected chi connectivity index (χ2v) is 8.63. The molecule has 140 valence electrons. The van der Waals surface area contributed by atoms with E-state index < -0.39 is 16.8 Å². The molecule has 1 amide bonds. The molecule has 0 aromatic heterocycles. The summed E-state index contributed by atoms with van der Waals surface area (Å²) in [6.07, 6.45) is 3.02. The zero-order chi connectivity index (χ0) is 18.9. The molecule has 1 aromatic rings. The first-order chi connectivity index (χ1) is 12.2. The molecule has 1 saturated heterocycles. The van der Waals surface area contributed by atoms with Gasteiger partial charge >= 0.3 is 5.97 Å². The van der Waals surface area contributed by atoms with E-state index in [1.54, 1.807) is 17.0 Å². The maximum Gasteiger partial charge on any atom is 0.311 e. The fraction of sp³-hybridized carbons (Fsp3) is 0.571. The van der Waals surface area contributed by atoms with Crippen molar-refractivity contribution in [2.75, 3.05) is 13.1 Å². The van der Waals surface area contributed by atoms with Gasteiger partial charge in [0.1, 0.15) is 0 Å². The SMILES string of the molecule is CC(C)(CC(=O)c1ccccc1)CC(=O)N1C[C@@H]2CCC[C@@]2(C(=O)O)C1. The number of Topliss-reactive ketones (excluding diaryl/α,β-unsaturated/α-hetero) is 1. The summed E-state index contributed by atoms with van der Waals surface area (Å²) in [5, 5.41) is 9.67. The molecule has 5 heteroatoms. The molecule has 2 atom stereocenters. The molecule has 1 aliphatic heterocycles. The normalized spacial score (nSPS) is 25.2. The standard InChI is InChI=1S/C21H27NO4/c1-20(2,11-17(23)15-7-4-3-5-8-15)12-18(24)22-13-16-9-6-10-21(16,14-22)19(25)26/h3-5,7-8,16H,6,9-14H2,1-2H3,(H,25,26)/t16-,21+/m0/s1. The fourth-order valence-corrected chi connectivity index (χ4v) is 4.57. The molecule has 1 heterocycles. The van der Waals surface area contributed by atoms with Gasteiger partial charge < -0.3 is 10.0 Å². The van der Waals surface area contributed by atoms with E-state index in [9.17, 15) is 19.5 Å². The molecule has 0 unspecified atom stereocenters. The summed E-state index contributed by atoms with van der Waals surface area (Å²) < 4.78 is 0. The number of carbonyl (C=O) groups is 3. The van der Waals surface area contributed by atoms with E-state index in [0.717, 1.165) is 12.8 Å². The van der Waals surface area contributed by atoms with Crippen LogP contribution in [-0.4, -0.2) is 40.8 Å². The third kappa shape index (κ3) is 3.53. The number of benzene rings is 1. The van der Waals surface area contributed by atoms with Crippen LogP contribution in [0.25, 0.3) is 0 Å². The highest BCUT2D eigenvalue weighted by molar-refractivity contribution is 5.96. The Kier molecular flexibility index (Phi) is 4.91. The number of carboxylic acids is 1. The van der Waals surface area contributed by atoms with Crippen LogP contribution in [-0.2, 0) is 9.59 Å². The number of ketones is 1. The van der Waals surface area contributed by atoms with Crippen molar-refractivity contribution >= 4 is 17.7 Å². The van der Waals surface area contributed by atoms with Gasteiger partial charge in [-0.25, -0.2) is 0 Å². The molecule has 0 bridgehead atoms. The van der Waals surface area contributed by atoms with E-state index in [4.69, 9.17) is 0 Å². The minimum absolute atomic E-state index is 0.0312. The van der Waals surface area contributed by atoms with Crippen molar-refractivity contribution in [2.24, 2.45) is 16.7 Å². The lowest BCUT2D eigenvalue weighted by Gasteiger charge is -2.27. The Balaban J connectivity index is 1.62. The number of carbonyl (C=O) groups excluding carboxylic acids is 2. The fourth-order valence-electron chi connectivity index (χ4n) is 4.57. The Morgan fingerprint density at radius 2 is 1.88 bits per heavy atom. The summed E-state index contributed by atoms with van der Waals surface area (Å²) in [5.74, 6) is -0.707. The number of amides is 1. The molecule has 1 N–H and O–H groups in total. The average Bonchev–Trinajstić information content (AvgIpc) is 3.13. The number of aliphatic carboxylic acids is 1. The summed E-state index contributed by atoms with van der Waals surface area (Å²) in [5.41, 5.74) is -0.550. The lowest BCUT2D eigenvalue weighted by molar-refractivity contribution is -0.149. The second-order valence-electron chi connectivity index (χ2n) is 8.63. The highest BCUT2D eigenvalue weighted by Gasteiger charge is 2.55. The number of nitrogens with zero attached hydrogens (tertiary/aromatic N) is 1. The van der Waals surface area contributed by atoms with Gasteiger partial charge in [-0.3, -0.25) is 14.4 Å². The van der Waals surface area contributed by atoms with Gasteiger partial charge in [-0.1, -0.05) is 50.6 Å². The number of hydrogen-bond acceptors (Lipinski definition) is 3. The summed E-state index contributed by atoms with van der Waals surface area (Å²) in [6.45, 7) is 4.70. The maximum atomic E-state index is 12.8. The summed E-state index contributed by atoms with van der Waals surface area (Å²) in [7, 11) is 0. The van der Waals surface area contributed by atoms with Gasteiger partial charge in [-0.2, -0.15) is 0 Å². The van der Waals surface area contributed by atoms with Crippen LogP contribution in [0.1, 0.15) is 56.3 Å². The summed E-state index contributed by atoms with van der Waals surface area (Å²) in [6, 6.07) is 9.12. The van der Waals surface area contributed by atoms with Crippen molar-refractivity contribution in [1.29, 1.82) is 0 Å². The number of rotatable bonds is 6. The van der Waals surface area contributed by atoms with E-state index in [1.165, 1.54) is 0 Å². The van der Waals surface area contributed by atoms with Gasteiger partial charge in [0, 0.05) is 31.5 Å². The molecule has 3 rings (SSSR count). The second kappa shape index (κ2) is 6.86. The Morgan fingerprint density at radius 1 is 1.19 bits per heavy atom. The minimum atomic E-state index is -0.770. The van der Waals surface area contributed by atoms with Crippen LogP contribution in [0, 0.1) is 16.7 Å². The van der Waals surface area contributed by atoms with Gasteiger partial charge in [0.2, 0.25) is 5.91 Å². The first kappa shape index (κ1) is 18.6. The van der Waals surface area contributed by atoms with Crippen LogP contribution in [0.3, 0.4) is 0 Å². The number of carboxylic acid groups (broad SMARTS) is 1. The van der Waals surface area contributed by atoms with E-state index in [1.807, 2.05) is 32.0 Å². The molecule has 2 fully saturated rings. The molecule has 2 aliphatic rings. The van der Waals surface area contributed by atoms with E-state index in [0.29, 0.717) is 31.5 Å². The Bertz CT molecular complexity index is 712. The van der Waals surface area contributed by atoms with Crippen LogP contribution in [0.4, 0.5) is 0 Å². The van der Waals surface area contributed by atoms with Gasteiger partial charge in [0.05, 0.1) is 5.41 Å². The van der Waals surface area contributed by atoms with Gasteiger partial charge in [0.25, 0.3) is 0 Å². The van der Waals surface area contributed by atoms with Crippen LogP contribution in [0.5, 0.6) is 0 Å². The third-order valence-electron chi connectivity index (χ3n) is 6.01. The first-order valence-electron chi connectivity index (χ1n) is 9.33. The van der Waals surface area contributed by atoms with Gasteiger partial charge in [-0.15, -0.1) is 0 Å². The average molecular weight is 357 g/mol. The maximum absolute atomic E-state index is 12.8. The van der Waals surface area contributed by atoms with Crippen LogP contribution < -0.4 is 0 Å².